The minimum atomic E-state index is 0.0457. The highest BCUT2D eigenvalue weighted by atomic mass is 32.2. The lowest BCUT2D eigenvalue weighted by Gasteiger charge is -2.10. The monoisotopic (exact) mass is 338 g/mol. The molecule has 2 aromatic heterocycles. The van der Waals surface area contributed by atoms with Gasteiger partial charge in [-0.1, -0.05) is 60.3 Å². The molecule has 0 saturated heterocycles. The van der Waals surface area contributed by atoms with Gasteiger partial charge in [0, 0.05) is 10.1 Å². The molecule has 0 spiro atoms. The van der Waals surface area contributed by atoms with Gasteiger partial charge >= 0.3 is 0 Å². The summed E-state index contributed by atoms with van der Waals surface area (Å²) in [5.41, 5.74) is 1.97. The predicted octanol–water partition coefficient (Wildman–Crippen LogP) is 4.38. The van der Waals surface area contributed by atoms with Gasteiger partial charge in [-0.05, 0) is 17.9 Å². The highest BCUT2D eigenvalue weighted by molar-refractivity contribution is 7.98. The zero-order valence-electron chi connectivity index (χ0n) is 12.5. The lowest BCUT2D eigenvalue weighted by Crippen LogP contribution is -2.23. The molecule has 0 N–H and O–H groups in total. The molecule has 0 radical (unpaired) electrons. The Morgan fingerprint density at radius 2 is 1.83 bits per heavy atom. The number of thioether (sulfide) groups is 1. The summed E-state index contributed by atoms with van der Waals surface area (Å²) in [6.07, 6.45) is 1.96. The van der Waals surface area contributed by atoms with Crippen LogP contribution < -0.4 is 5.56 Å². The standard InChI is InChI=1S/C18H14N2OS2/c1-22-18-19-15-13-9-5-6-10-14(13)23-16(15)17(21)20(18)11-12-7-3-2-4-8-12/h2-10H,11H2,1H3. The second-order valence-electron chi connectivity index (χ2n) is 5.25. The predicted molar refractivity (Wildman–Crippen MR) is 98.7 cm³/mol. The second kappa shape index (κ2) is 5.83. The fourth-order valence-corrected chi connectivity index (χ4v) is 4.36. The summed E-state index contributed by atoms with van der Waals surface area (Å²) in [4.78, 5) is 17.8. The Kier molecular flexibility index (Phi) is 3.67. The number of hydrogen-bond acceptors (Lipinski definition) is 4. The number of nitrogens with zero attached hydrogens (tertiary/aromatic N) is 2. The molecule has 0 aliphatic heterocycles. The van der Waals surface area contributed by atoms with Crippen molar-refractivity contribution in [3.05, 3.63) is 70.5 Å². The van der Waals surface area contributed by atoms with Crippen molar-refractivity contribution in [3.63, 3.8) is 0 Å². The van der Waals surface area contributed by atoms with Gasteiger partial charge in [-0.25, -0.2) is 4.98 Å². The number of fused-ring (bicyclic) bond motifs is 3. The third kappa shape index (κ3) is 2.46. The van der Waals surface area contributed by atoms with E-state index in [2.05, 4.69) is 0 Å². The Morgan fingerprint density at radius 3 is 2.61 bits per heavy atom. The topological polar surface area (TPSA) is 34.9 Å². The molecule has 0 unspecified atom stereocenters. The molecule has 23 heavy (non-hydrogen) atoms. The zero-order valence-corrected chi connectivity index (χ0v) is 14.2. The number of aromatic nitrogens is 2. The average Bonchev–Trinajstić information content (AvgIpc) is 2.97. The molecule has 0 amide bonds. The molecule has 3 nitrogen and oxygen atoms in total. The number of benzene rings is 2. The van der Waals surface area contributed by atoms with Crippen LogP contribution >= 0.6 is 23.1 Å². The van der Waals surface area contributed by atoms with Crippen molar-refractivity contribution in [2.75, 3.05) is 6.26 Å². The molecule has 114 valence electrons. The average molecular weight is 338 g/mol. The summed E-state index contributed by atoms with van der Waals surface area (Å²) in [6.45, 7) is 0.549. The molecule has 0 saturated carbocycles. The van der Waals surface area contributed by atoms with E-state index >= 15 is 0 Å². The minimum Gasteiger partial charge on any atom is -0.282 e. The molecule has 0 aliphatic rings. The Hall–Kier alpha value is -2.11. The molecular weight excluding hydrogens is 324 g/mol. The molecule has 2 heterocycles. The lowest BCUT2D eigenvalue weighted by atomic mass is 10.2. The van der Waals surface area contributed by atoms with Crippen LogP contribution in [0.5, 0.6) is 0 Å². The van der Waals surface area contributed by atoms with Crippen LogP contribution in [0, 0.1) is 0 Å². The van der Waals surface area contributed by atoms with Crippen molar-refractivity contribution in [1.82, 2.24) is 9.55 Å². The summed E-state index contributed by atoms with van der Waals surface area (Å²) in [5, 5.41) is 1.82. The maximum atomic E-state index is 13.0. The van der Waals surface area contributed by atoms with Crippen molar-refractivity contribution in [2.45, 2.75) is 11.7 Å². The number of hydrogen-bond donors (Lipinski definition) is 0. The highest BCUT2D eigenvalue weighted by Gasteiger charge is 2.15. The molecule has 2 aromatic carbocycles. The van der Waals surface area contributed by atoms with Gasteiger partial charge in [0.15, 0.2) is 5.16 Å². The van der Waals surface area contributed by atoms with E-state index < -0.39 is 0 Å². The summed E-state index contributed by atoms with van der Waals surface area (Å²) in [5.74, 6) is 0. The smallest absolute Gasteiger partial charge is 0.272 e. The van der Waals surface area contributed by atoms with E-state index in [0.717, 1.165) is 31.0 Å². The maximum absolute atomic E-state index is 13.0. The van der Waals surface area contributed by atoms with E-state index in [1.54, 1.807) is 4.57 Å². The molecule has 0 aliphatic carbocycles. The van der Waals surface area contributed by atoms with E-state index in [1.807, 2.05) is 60.9 Å². The van der Waals surface area contributed by atoms with Crippen molar-refractivity contribution in [1.29, 1.82) is 0 Å². The third-order valence-corrected chi connectivity index (χ3v) is 5.64. The minimum absolute atomic E-state index is 0.0457. The van der Waals surface area contributed by atoms with Crippen LogP contribution in [0.15, 0.2) is 64.5 Å². The first-order valence-corrected chi connectivity index (χ1v) is 9.32. The summed E-state index contributed by atoms with van der Waals surface area (Å²) in [7, 11) is 0. The Morgan fingerprint density at radius 1 is 1.09 bits per heavy atom. The zero-order chi connectivity index (χ0) is 15.8. The van der Waals surface area contributed by atoms with Crippen molar-refractivity contribution in [3.8, 4) is 0 Å². The van der Waals surface area contributed by atoms with E-state index in [1.165, 1.54) is 23.1 Å². The first-order valence-electron chi connectivity index (χ1n) is 7.28. The SMILES string of the molecule is CSc1nc2c(sc3ccccc32)c(=O)n1Cc1ccccc1. The lowest BCUT2D eigenvalue weighted by molar-refractivity contribution is 0.660. The Labute approximate surface area is 141 Å². The van der Waals surface area contributed by atoms with Crippen LogP contribution in [0.2, 0.25) is 0 Å². The highest BCUT2D eigenvalue weighted by Crippen LogP contribution is 2.31. The van der Waals surface area contributed by atoms with Crippen LogP contribution in [-0.2, 0) is 6.54 Å². The summed E-state index contributed by atoms with van der Waals surface area (Å²) < 4.78 is 3.62. The van der Waals surface area contributed by atoms with Crippen LogP contribution in [-0.4, -0.2) is 15.8 Å². The largest absolute Gasteiger partial charge is 0.282 e. The normalized spacial score (nSPS) is 11.3. The molecule has 0 fully saturated rings. The fraction of sp³-hybridized carbons (Fsp3) is 0.111. The van der Waals surface area contributed by atoms with Gasteiger partial charge in [0.25, 0.3) is 5.56 Å². The van der Waals surface area contributed by atoms with Gasteiger partial charge in [0.1, 0.15) is 4.70 Å². The van der Waals surface area contributed by atoms with Crippen LogP contribution in [0.4, 0.5) is 0 Å². The van der Waals surface area contributed by atoms with Crippen molar-refractivity contribution in [2.24, 2.45) is 0 Å². The van der Waals surface area contributed by atoms with Gasteiger partial charge < -0.3 is 0 Å². The van der Waals surface area contributed by atoms with Crippen molar-refractivity contribution >= 4 is 43.4 Å². The maximum Gasteiger partial charge on any atom is 0.272 e. The molecule has 5 heteroatoms. The van der Waals surface area contributed by atoms with Gasteiger partial charge in [0.05, 0.1) is 12.1 Å². The molecule has 4 aromatic rings. The molecular formula is C18H14N2OS2. The fourth-order valence-electron chi connectivity index (χ4n) is 2.71. The summed E-state index contributed by atoms with van der Waals surface area (Å²) >= 11 is 3.04. The van der Waals surface area contributed by atoms with E-state index in [0.29, 0.717) is 6.54 Å². The second-order valence-corrected chi connectivity index (χ2v) is 7.08. The summed E-state index contributed by atoms with van der Waals surface area (Å²) in [6, 6.07) is 18.1. The Balaban J connectivity index is 1.98. The first kappa shape index (κ1) is 14.5. The van der Waals surface area contributed by atoms with Crippen LogP contribution in [0.3, 0.4) is 0 Å². The van der Waals surface area contributed by atoms with Gasteiger partial charge in [-0.2, -0.15) is 0 Å². The Bertz CT molecular complexity index is 1050. The number of thiophene rings is 1. The molecule has 0 atom stereocenters. The van der Waals surface area contributed by atoms with Crippen molar-refractivity contribution < 1.29 is 0 Å². The van der Waals surface area contributed by atoms with Crippen LogP contribution in [0.25, 0.3) is 20.3 Å². The molecule has 0 bridgehead atoms. The van der Waals surface area contributed by atoms with E-state index in [9.17, 15) is 4.79 Å². The van der Waals surface area contributed by atoms with Gasteiger partial charge in [-0.3, -0.25) is 9.36 Å². The van der Waals surface area contributed by atoms with Gasteiger partial charge in [0.2, 0.25) is 0 Å². The van der Waals surface area contributed by atoms with Gasteiger partial charge in [-0.15, -0.1) is 11.3 Å². The quantitative estimate of drug-likeness (QED) is 0.411. The van der Waals surface area contributed by atoms with E-state index in [4.69, 9.17) is 4.98 Å². The van der Waals surface area contributed by atoms with Crippen LogP contribution in [0.1, 0.15) is 5.56 Å². The number of rotatable bonds is 3. The van der Waals surface area contributed by atoms with E-state index in [-0.39, 0.29) is 5.56 Å². The molecule has 4 rings (SSSR count). The third-order valence-electron chi connectivity index (χ3n) is 3.81. The first-order chi connectivity index (χ1) is 11.3.